The Labute approximate surface area is 97.3 Å². The van der Waals surface area contributed by atoms with E-state index in [-0.39, 0.29) is 24.8 Å². The van der Waals surface area contributed by atoms with E-state index >= 15 is 0 Å². The summed E-state index contributed by atoms with van der Waals surface area (Å²) in [7, 11) is 0. The van der Waals surface area contributed by atoms with Crippen molar-refractivity contribution in [2.45, 2.75) is 19.3 Å². The number of pyridine rings is 1. The molecule has 1 atom stereocenters. The van der Waals surface area contributed by atoms with Crippen molar-refractivity contribution in [1.29, 1.82) is 0 Å². The van der Waals surface area contributed by atoms with Gasteiger partial charge in [-0.3, -0.25) is 4.98 Å². The van der Waals surface area contributed by atoms with Crippen LogP contribution in [0.25, 0.3) is 0 Å². The molecule has 1 N–H and O–H groups in total. The van der Waals surface area contributed by atoms with Crippen molar-refractivity contribution in [3.05, 3.63) is 29.6 Å². The van der Waals surface area contributed by atoms with Gasteiger partial charge in [-0.05, 0) is 37.4 Å². The molecule has 14 heavy (non-hydrogen) atoms. The molecular formula is C10H16Cl2N2. The highest BCUT2D eigenvalue weighted by Crippen LogP contribution is 2.20. The fraction of sp³-hybridized carbons (Fsp3) is 0.500. The Morgan fingerprint density at radius 2 is 2.14 bits per heavy atom. The average molecular weight is 235 g/mol. The summed E-state index contributed by atoms with van der Waals surface area (Å²) < 4.78 is 0. The highest BCUT2D eigenvalue weighted by Gasteiger charge is 2.15. The third-order valence-corrected chi connectivity index (χ3v) is 2.47. The number of nitrogens with one attached hydrogen (secondary N) is 1. The molecule has 0 saturated carbocycles. The van der Waals surface area contributed by atoms with Gasteiger partial charge in [-0.25, -0.2) is 0 Å². The fourth-order valence-corrected chi connectivity index (χ4v) is 1.66. The quantitative estimate of drug-likeness (QED) is 0.807. The Morgan fingerprint density at radius 1 is 1.36 bits per heavy atom. The summed E-state index contributed by atoms with van der Waals surface area (Å²) in [5.41, 5.74) is 2.48. The molecule has 2 heterocycles. The highest BCUT2D eigenvalue weighted by molar-refractivity contribution is 5.85. The van der Waals surface area contributed by atoms with Crippen molar-refractivity contribution in [2.24, 2.45) is 0 Å². The van der Waals surface area contributed by atoms with Crippen LogP contribution in [0, 0.1) is 6.92 Å². The molecule has 1 fully saturated rings. The van der Waals surface area contributed by atoms with Gasteiger partial charge in [-0.1, -0.05) is 6.07 Å². The van der Waals surface area contributed by atoms with Crippen molar-refractivity contribution in [2.75, 3.05) is 13.1 Å². The van der Waals surface area contributed by atoms with Gasteiger partial charge in [0.15, 0.2) is 0 Å². The van der Waals surface area contributed by atoms with E-state index in [1.165, 1.54) is 12.0 Å². The zero-order chi connectivity index (χ0) is 8.39. The Balaban J connectivity index is 0.000000845. The molecule has 80 valence electrons. The van der Waals surface area contributed by atoms with Gasteiger partial charge in [0, 0.05) is 18.4 Å². The molecule has 0 spiro atoms. The summed E-state index contributed by atoms with van der Waals surface area (Å²) in [6.07, 6.45) is 3.26. The molecule has 2 nitrogen and oxygen atoms in total. The molecular weight excluding hydrogens is 219 g/mol. The van der Waals surface area contributed by atoms with Gasteiger partial charge in [-0.15, -0.1) is 24.8 Å². The molecule has 1 unspecified atom stereocenters. The summed E-state index contributed by atoms with van der Waals surface area (Å²) in [6.45, 7) is 4.29. The molecule has 4 heteroatoms. The Morgan fingerprint density at radius 3 is 2.64 bits per heavy atom. The Kier molecular flexibility index (Phi) is 6.09. The minimum absolute atomic E-state index is 0. The molecule has 1 aromatic heterocycles. The first-order chi connectivity index (χ1) is 5.86. The lowest BCUT2D eigenvalue weighted by atomic mass is 10.0. The van der Waals surface area contributed by atoms with Crippen LogP contribution in [0.2, 0.25) is 0 Å². The molecule has 1 aliphatic rings. The first-order valence-corrected chi connectivity index (χ1v) is 4.49. The van der Waals surface area contributed by atoms with Crippen LogP contribution in [-0.2, 0) is 0 Å². The fourth-order valence-electron chi connectivity index (χ4n) is 1.66. The van der Waals surface area contributed by atoms with Crippen LogP contribution in [0.15, 0.2) is 18.3 Å². The lowest BCUT2D eigenvalue weighted by molar-refractivity contribution is 0.757. The first-order valence-electron chi connectivity index (χ1n) is 4.49. The Hall–Kier alpha value is -0.310. The minimum Gasteiger partial charge on any atom is -0.316 e. The molecule has 0 aromatic carbocycles. The normalized spacial score (nSPS) is 19.6. The summed E-state index contributed by atoms with van der Waals surface area (Å²) in [5, 5.41) is 3.36. The number of hydrogen-bond donors (Lipinski definition) is 1. The van der Waals surface area contributed by atoms with Gasteiger partial charge >= 0.3 is 0 Å². The zero-order valence-corrected chi connectivity index (χ0v) is 9.83. The molecule has 0 bridgehead atoms. The predicted octanol–water partition coefficient (Wildman–Crippen LogP) is 2.31. The lowest BCUT2D eigenvalue weighted by Gasteiger charge is -2.07. The van der Waals surface area contributed by atoms with Crippen LogP contribution in [0.5, 0.6) is 0 Å². The van der Waals surface area contributed by atoms with Gasteiger partial charge in [0.05, 0.1) is 0 Å². The highest BCUT2D eigenvalue weighted by atomic mass is 35.5. The third kappa shape index (κ3) is 3.12. The molecule has 2 rings (SSSR count). The van der Waals surface area contributed by atoms with E-state index in [4.69, 9.17) is 0 Å². The van der Waals surface area contributed by atoms with Gasteiger partial charge in [0.25, 0.3) is 0 Å². The first kappa shape index (κ1) is 13.7. The van der Waals surface area contributed by atoms with Crippen molar-refractivity contribution >= 4 is 24.8 Å². The van der Waals surface area contributed by atoms with E-state index in [0.29, 0.717) is 5.92 Å². The Bertz CT molecular complexity index is 255. The van der Waals surface area contributed by atoms with E-state index in [9.17, 15) is 0 Å². The molecule has 0 aliphatic carbocycles. The third-order valence-electron chi connectivity index (χ3n) is 2.47. The summed E-state index contributed by atoms with van der Waals surface area (Å²) >= 11 is 0. The van der Waals surface area contributed by atoms with Crippen molar-refractivity contribution < 1.29 is 0 Å². The largest absolute Gasteiger partial charge is 0.316 e. The molecule has 1 saturated heterocycles. The van der Waals surface area contributed by atoms with Gasteiger partial charge in [-0.2, -0.15) is 0 Å². The van der Waals surface area contributed by atoms with Crippen molar-refractivity contribution in [3.8, 4) is 0 Å². The minimum atomic E-state index is 0. The number of nitrogens with zero attached hydrogens (tertiary/aromatic N) is 1. The summed E-state index contributed by atoms with van der Waals surface area (Å²) in [4.78, 5) is 4.30. The van der Waals surface area contributed by atoms with E-state index in [1.807, 2.05) is 13.1 Å². The van der Waals surface area contributed by atoms with Gasteiger partial charge in [0.2, 0.25) is 0 Å². The maximum absolute atomic E-state index is 4.30. The van der Waals surface area contributed by atoms with Crippen LogP contribution in [0.4, 0.5) is 0 Å². The number of aryl methyl sites for hydroxylation is 1. The second-order valence-corrected chi connectivity index (χ2v) is 3.42. The number of aromatic nitrogens is 1. The number of hydrogen-bond acceptors (Lipinski definition) is 2. The van der Waals surface area contributed by atoms with Crippen LogP contribution < -0.4 is 5.32 Å². The van der Waals surface area contributed by atoms with Crippen molar-refractivity contribution in [3.63, 3.8) is 0 Å². The second kappa shape index (κ2) is 6.23. The number of halogens is 2. The monoisotopic (exact) mass is 234 g/mol. The predicted molar refractivity (Wildman–Crippen MR) is 63.7 cm³/mol. The van der Waals surface area contributed by atoms with Crippen LogP contribution in [-0.4, -0.2) is 18.1 Å². The van der Waals surface area contributed by atoms with Crippen LogP contribution in [0.1, 0.15) is 23.6 Å². The maximum atomic E-state index is 4.30. The summed E-state index contributed by atoms with van der Waals surface area (Å²) in [6, 6.07) is 4.29. The average Bonchev–Trinajstić information content (AvgIpc) is 2.58. The molecule has 0 amide bonds. The van der Waals surface area contributed by atoms with E-state index in [1.54, 1.807) is 0 Å². The SMILES string of the molecule is Cc1ccc(C2CCNC2)cn1.Cl.Cl. The second-order valence-electron chi connectivity index (χ2n) is 3.42. The van der Waals surface area contributed by atoms with Crippen LogP contribution in [0.3, 0.4) is 0 Å². The molecule has 1 aromatic rings. The number of rotatable bonds is 1. The maximum Gasteiger partial charge on any atom is 0.0372 e. The zero-order valence-electron chi connectivity index (χ0n) is 8.19. The smallest absolute Gasteiger partial charge is 0.0372 e. The van der Waals surface area contributed by atoms with Gasteiger partial charge < -0.3 is 5.32 Å². The summed E-state index contributed by atoms with van der Waals surface area (Å²) in [5.74, 6) is 0.693. The van der Waals surface area contributed by atoms with E-state index in [2.05, 4.69) is 22.4 Å². The lowest BCUT2D eigenvalue weighted by Crippen LogP contribution is -2.08. The van der Waals surface area contributed by atoms with Gasteiger partial charge in [0.1, 0.15) is 0 Å². The molecule has 0 radical (unpaired) electrons. The van der Waals surface area contributed by atoms with E-state index < -0.39 is 0 Å². The van der Waals surface area contributed by atoms with Crippen LogP contribution >= 0.6 is 24.8 Å². The molecule has 1 aliphatic heterocycles. The van der Waals surface area contributed by atoms with Crippen molar-refractivity contribution in [1.82, 2.24) is 10.3 Å². The van der Waals surface area contributed by atoms with E-state index in [0.717, 1.165) is 18.8 Å². The standard InChI is InChI=1S/C10H14N2.2ClH/c1-8-2-3-9(7-12-8)10-4-5-11-6-10;;/h2-3,7,10-11H,4-6H2,1H3;2*1H. The topological polar surface area (TPSA) is 24.9 Å².